The number of rotatable bonds is 5. The van der Waals surface area contributed by atoms with E-state index in [-0.39, 0.29) is 12.0 Å². The van der Waals surface area contributed by atoms with Crippen molar-refractivity contribution in [2.45, 2.75) is 51.0 Å². The first-order valence-electron chi connectivity index (χ1n) is 10.9. The Morgan fingerprint density at radius 3 is 2.77 bits per heavy atom. The van der Waals surface area contributed by atoms with E-state index < -0.39 is 6.10 Å². The molecule has 0 bridgehead atoms. The average Bonchev–Trinajstić information content (AvgIpc) is 3.34. The number of aromatic nitrogens is 2. The number of fused-ring (bicyclic) bond motifs is 1. The molecule has 2 aliphatic rings. The van der Waals surface area contributed by atoms with E-state index in [4.69, 9.17) is 4.74 Å². The van der Waals surface area contributed by atoms with Gasteiger partial charge >= 0.3 is 0 Å². The van der Waals surface area contributed by atoms with Gasteiger partial charge in [0.1, 0.15) is 11.9 Å². The van der Waals surface area contributed by atoms with Gasteiger partial charge in [0.25, 0.3) is 5.91 Å². The summed E-state index contributed by atoms with van der Waals surface area (Å²) in [6.45, 7) is 1.10. The summed E-state index contributed by atoms with van der Waals surface area (Å²) in [5, 5.41) is 14.5. The molecule has 1 aromatic heterocycles. The molecule has 2 aromatic carbocycles. The topological polar surface area (TPSA) is 67.6 Å². The lowest BCUT2D eigenvalue weighted by Crippen LogP contribution is -2.35. The van der Waals surface area contributed by atoms with Gasteiger partial charge in [-0.2, -0.15) is 5.10 Å². The summed E-state index contributed by atoms with van der Waals surface area (Å²) in [6, 6.07) is 14.0. The Hall–Kier alpha value is -3.12. The second kappa shape index (κ2) is 8.19. The van der Waals surface area contributed by atoms with Crippen LogP contribution in [0.4, 0.5) is 0 Å². The maximum atomic E-state index is 13.3. The molecular weight excluding hydrogens is 390 g/mol. The predicted molar refractivity (Wildman–Crippen MR) is 118 cm³/mol. The Balaban J connectivity index is 1.35. The molecule has 6 heteroatoms. The van der Waals surface area contributed by atoms with Crippen molar-refractivity contribution in [1.29, 1.82) is 0 Å². The standard InChI is InChI=1S/C25H27N3O3/c1-27-15-20(13-26-27)18-7-4-6-17(12-18)14-28-16-19-8-5-11-23(24(19)25(28)30)31-22-10-3-2-9-21(22)29/h4-8,11-13,15,21-22,29H,2-3,9-10,14,16H2,1H3/t21-,22-/m1/s1. The van der Waals surface area contributed by atoms with Gasteiger partial charge in [-0.05, 0) is 48.1 Å². The Bertz CT molecular complexity index is 1110. The van der Waals surface area contributed by atoms with Gasteiger partial charge in [0.05, 0.1) is 17.9 Å². The van der Waals surface area contributed by atoms with Crippen LogP contribution in [0.3, 0.4) is 0 Å². The Morgan fingerprint density at radius 2 is 1.97 bits per heavy atom. The van der Waals surface area contributed by atoms with Crippen molar-refractivity contribution in [1.82, 2.24) is 14.7 Å². The van der Waals surface area contributed by atoms with Gasteiger partial charge in [0.15, 0.2) is 0 Å². The van der Waals surface area contributed by atoms with Crippen molar-refractivity contribution in [3.8, 4) is 16.9 Å². The first kappa shape index (κ1) is 19.8. The summed E-state index contributed by atoms with van der Waals surface area (Å²) in [5.41, 5.74) is 4.85. The zero-order chi connectivity index (χ0) is 21.4. The van der Waals surface area contributed by atoms with E-state index in [1.165, 1.54) is 0 Å². The highest BCUT2D eigenvalue weighted by Gasteiger charge is 2.33. The number of aliphatic hydroxyl groups excluding tert-OH is 1. The molecule has 0 unspecified atom stereocenters. The number of aryl methyl sites for hydroxylation is 1. The number of ether oxygens (including phenoxy) is 1. The monoisotopic (exact) mass is 417 g/mol. The fourth-order valence-corrected chi connectivity index (χ4v) is 4.63. The molecule has 1 fully saturated rings. The van der Waals surface area contributed by atoms with Crippen LogP contribution < -0.4 is 4.74 Å². The minimum absolute atomic E-state index is 0.0114. The zero-order valence-corrected chi connectivity index (χ0v) is 17.7. The zero-order valence-electron chi connectivity index (χ0n) is 17.7. The van der Waals surface area contributed by atoms with Gasteiger partial charge in [-0.3, -0.25) is 9.48 Å². The van der Waals surface area contributed by atoms with Crippen molar-refractivity contribution in [3.63, 3.8) is 0 Å². The molecule has 1 aliphatic carbocycles. The van der Waals surface area contributed by atoms with E-state index in [1.807, 2.05) is 54.7 Å². The third kappa shape index (κ3) is 3.95. The van der Waals surface area contributed by atoms with Crippen LogP contribution in [0.5, 0.6) is 5.75 Å². The molecule has 0 spiro atoms. The second-order valence-electron chi connectivity index (χ2n) is 8.56. The largest absolute Gasteiger partial charge is 0.487 e. The molecule has 2 heterocycles. The number of hydrogen-bond acceptors (Lipinski definition) is 4. The van der Waals surface area contributed by atoms with Crippen LogP contribution in [0.25, 0.3) is 11.1 Å². The third-order valence-electron chi connectivity index (χ3n) is 6.26. The Labute approximate surface area is 182 Å². The lowest BCUT2D eigenvalue weighted by molar-refractivity contribution is 0.00636. The van der Waals surface area contributed by atoms with Crippen LogP contribution in [-0.2, 0) is 20.1 Å². The predicted octanol–water partition coefficient (Wildman–Crippen LogP) is 3.93. The minimum atomic E-state index is -0.465. The van der Waals surface area contributed by atoms with Crippen LogP contribution in [0.15, 0.2) is 54.9 Å². The molecule has 1 N–H and O–H groups in total. The summed E-state index contributed by atoms with van der Waals surface area (Å²) >= 11 is 0. The highest BCUT2D eigenvalue weighted by Crippen LogP contribution is 2.34. The third-order valence-corrected chi connectivity index (χ3v) is 6.26. The molecule has 0 saturated heterocycles. The number of carbonyl (C=O) groups is 1. The summed E-state index contributed by atoms with van der Waals surface area (Å²) in [4.78, 5) is 15.1. The highest BCUT2D eigenvalue weighted by molar-refractivity contribution is 6.01. The molecule has 0 radical (unpaired) electrons. The molecule has 31 heavy (non-hydrogen) atoms. The smallest absolute Gasteiger partial charge is 0.258 e. The first-order valence-corrected chi connectivity index (χ1v) is 10.9. The summed E-state index contributed by atoms with van der Waals surface area (Å²) in [7, 11) is 1.90. The molecule has 1 amide bonds. The second-order valence-corrected chi connectivity index (χ2v) is 8.56. The fraction of sp³-hybridized carbons (Fsp3) is 0.360. The fourth-order valence-electron chi connectivity index (χ4n) is 4.63. The van der Waals surface area contributed by atoms with Gasteiger partial charge in [-0.25, -0.2) is 0 Å². The normalized spacial score (nSPS) is 20.7. The van der Waals surface area contributed by atoms with E-state index >= 15 is 0 Å². The molecule has 3 aromatic rings. The van der Waals surface area contributed by atoms with E-state index in [0.29, 0.717) is 24.4 Å². The Kier molecular flexibility index (Phi) is 5.24. The van der Waals surface area contributed by atoms with E-state index in [9.17, 15) is 9.90 Å². The minimum Gasteiger partial charge on any atom is -0.487 e. The average molecular weight is 418 g/mol. The summed E-state index contributed by atoms with van der Waals surface area (Å²) in [6.07, 6.45) is 6.78. The molecule has 160 valence electrons. The number of aliphatic hydroxyl groups is 1. The van der Waals surface area contributed by atoms with E-state index in [0.717, 1.165) is 47.9 Å². The van der Waals surface area contributed by atoms with Crippen molar-refractivity contribution < 1.29 is 14.6 Å². The molecule has 1 saturated carbocycles. The quantitative estimate of drug-likeness (QED) is 0.683. The molecule has 1 aliphatic heterocycles. The SMILES string of the molecule is Cn1cc(-c2cccc(CN3Cc4cccc(O[C@@H]5CCCC[C@H]5O)c4C3=O)c2)cn1. The van der Waals surface area contributed by atoms with Crippen LogP contribution in [0, 0.1) is 0 Å². The molecule has 2 atom stereocenters. The van der Waals surface area contributed by atoms with Crippen LogP contribution in [0.2, 0.25) is 0 Å². The lowest BCUT2D eigenvalue weighted by Gasteiger charge is -2.28. The van der Waals surface area contributed by atoms with Crippen molar-refractivity contribution in [2.24, 2.45) is 7.05 Å². The van der Waals surface area contributed by atoms with Crippen LogP contribution in [0.1, 0.15) is 47.2 Å². The number of amides is 1. The number of nitrogens with zero attached hydrogens (tertiary/aromatic N) is 3. The van der Waals surface area contributed by atoms with Crippen molar-refractivity contribution in [3.05, 3.63) is 71.5 Å². The van der Waals surface area contributed by atoms with Gasteiger partial charge in [0, 0.05) is 31.9 Å². The maximum absolute atomic E-state index is 13.3. The van der Waals surface area contributed by atoms with Crippen LogP contribution >= 0.6 is 0 Å². The molecular formula is C25H27N3O3. The van der Waals surface area contributed by atoms with E-state index in [2.05, 4.69) is 17.2 Å². The van der Waals surface area contributed by atoms with Gasteiger partial charge in [0.2, 0.25) is 0 Å². The van der Waals surface area contributed by atoms with Crippen molar-refractivity contribution in [2.75, 3.05) is 0 Å². The van der Waals surface area contributed by atoms with Gasteiger partial charge in [-0.15, -0.1) is 0 Å². The molecule has 6 nitrogen and oxygen atoms in total. The lowest BCUT2D eigenvalue weighted by atomic mass is 9.94. The van der Waals surface area contributed by atoms with E-state index in [1.54, 1.807) is 4.68 Å². The van der Waals surface area contributed by atoms with Gasteiger partial charge in [-0.1, -0.05) is 36.8 Å². The summed E-state index contributed by atoms with van der Waals surface area (Å²) in [5.74, 6) is 0.586. The van der Waals surface area contributed by atoms with Crippen molar-refractivity contribution >= 4 is 5.91 Å². The number of benzene rings is 2. The number of carbonyl (C=O) groups excluding carboxylic acids is 1. The van der Waals surface area contributed by atoms with Gasteiger partial charge < -0.3 is 14.7 Å². The maximum Gasteiger partial charge on any atom is 0.258 e. The highest BCUT2D eigenvalue weighted by atomic mass is 16.5. The number of hydrogen-bond donors (Lipinski definition) is 1. The van der Waals surface area contributed by atoms with Crippen LogP contribution in [-0.4, -0.2) is 37.9 Å². The summed E-state index contributed by atoms with van der Waals surface area (Å²) < 4.78 is 7.94. The molecule has 5 rings (SSSR count). The Morgan fingerprint density at radius 1 is 1.13 bits per heavy atom. The first-order chi connectivity index (χ1) is 15.1.